The smallest absolute Gasteiger partial charge is 0.179 e. The number of thiol groups is 2. The van der Waals surface area contributed by atoms with Gasteiger partial charge in [0.1, 0.15) is 0 Å². The van der Waals surface area contributed by atoms with Crippen LogP contribution in [-0.2, 0) is 19.7 Å². The lowest BCUT2D eigenvalue weighted by atomic mass is 10.0. The van der Waals surface area contributed by atoms with Crippen LogP contribution in [0.25, 0.3) is 0 Å². The van der Waals surface area contributed by atoms with Crippen molar-refractivity contribution in [3.8, 4) is 0 Å². The molecule has 0 aliphatic carbocycles. The van der Waals surface area contributed by atoms with Gasteiger partial charge in [-0.25, -0.2) is 16.8 Å². The Kier molecular flexibility index (Phi) is 9.72. The molecule has 0 heterocycles. The zero-order valence-electron chi connectivity index (χ0n) is 19.0. The van der Waals surface area contributed by atoms with E-state index in [9.17, 15) is 16.8 Å². The van der Waals surface area contributed by atoms with E-state index in [1.807, 2.05) is 13.8 Å². The topological polar surface area (TPSA) is 71.5 Å². The van der Waals surface area contributed by atoms with Gasteiger partial charge in [0.2, 0.25) is 0 Å². The highest BCUT2D eigenvalue weighted by Gasteiger charge is 2.29. The molecule has 2 aromatic rings. The second-order valence-corrected chi connectivity index (χ2v) is 13.3. The minimum Gasteiger partial charge on any atom is -0.304 e. The summed E-state index contributed by atoms with van der Waals surface area (Å²) in [6.45, 7) is 4.05. The van der Waals surface area contributed by atoms with Crippen molar-refractivity contribution in [2.24, 2.45) is 0 Å². The highest BCUT2D eigenvalue weighted by molar-refractivity contribution is 7.92. The molecule has 0 aliphatic heterocycles. The second kappa shape index (κ2) is 11.4. The van der Waals surface area contributed by atoms with Crippen molar-refractivity contribution >= 4 is 44.9 Å². The maximum Gasteiger partial charge on any atom is 0.179 e. The van der Waals surface area contributed by atoms with Crippen LogP contribution in [0.5, 0.6) is 0 Å². The van der Waals surface area contributed by atoms with Gasteiger partial charge < -0.3 is 4.90 Å². The number of rotatable bonds is 11. The molecule has 0 saturated heterocycles. The maximum atomic E-state index is 13.0. The van der Waals surface area contributed by atoms with E-state index in [1.54, 1.807) is 67.5 Å². The molecule has 0 saturated carbocycles. The first kappa shape index (κ1) is 27.2. The molecule has 0 radical (unpaired) electrons. The highest BCUT2D eigenvalue weighted by atomic mass is 32.2. The average Bonchev–Trinajstić information content (AvgIpc) is 2.77. The van der Waals surface area contributed by atoms with Crippen LogP contribution in [0.2, 0.25) is 0 Å². The van der Waals surface area contributed by atoms with Crippen molar-refractivity contribution in [3.05, 3.63) is 59.7 Å². The van der Waals surface area contributed by atoms with Crippen molar-refractivity contribution in [2.45, 2.75) is 41.5 Å². The third-order valence-corrected chi connectivity index (χ3v) is 10.4. The van der Waals surface area contributed by atoms with E-state index < -0.39 is 25.7 Å². The molecule has 2 aromatic carbocycles. The summed E-state index contributed by atoms with van der Waals surface area (Å²) in [5, 5.41) is 0. The number of sulfone groups is 2. The Balaban J connectivity index is 2.22. The lowest BCUT2D eigenvalue weighted by molar-refractivity contribution is 0.336. The largest absolute Gasteiger partial charge is 0.304 e. The van der Waals surface area contributed by atoms with Crippen LogP contribution in [0.15, 0.2) is 58.3 Å². The molecule has 0 aliphatic rings. The molecular weight excluding hydrogens is 483 g/mol. The van der Waals surface area contributed by atoms with Gasteiger partial charge >= 0.3 is 0 Å². The van der Waals surface area contributed by atoms with E-state index in [1.165, 1.54) is 0 Å². The fourth-order valence-electron chi connectivity index (χ4n) is 3.26. The standard InChI is InChI=1S/C23H33NO4S4/c1-17(13-29)19-5-9-22(10-6-19)31(25,26)15-21(24(3)4)16-32(27,28)23-11-7-20(8-12-23)18(2)14-30/h5-12,17-18,21,29-30H,13-16H2,1-4H3. The number of hydrogen-bond acceptors (Lipinski definition) is 7. The summed E-state index contributed by atoms with van der Waals surface area (Å²) in [4.78, 5) is 2.05. The summed E-state index contributed by atoms with van der Waals surface area (Å²) in [6.07, 6.45) is 0. The highest BCUT2D eigenvalue weighted by Crippen LogP contribution is 2.23. The zero-order chi connectivity index (χ0) is 24.1. The molecule has 2 atom stereocenters. The molecular formula is C23H33NO4S4. The Morgan fingerprint density at radius 3 is 1.25 bits per heavy atom. The number of nitrogens with zero attached hydrogens (tertiary/aromatic N) is 1. The molecule has 5 nitrogen and oxygen atoms in total. The van der Waals surface area contributed by atoms with Gasteiger partial charge in [0.15, 0.2) is 19.7 Å². The van der Waals surface area contributed by atoms with Crippen molar-refractivity contribution in [3.63, 3.8) is 0 Å². The van der Waals surface area contributed by atoms with E-state index in [-0.39, 0.29) is 33.1 Å². The summed E-state index contributed by atoms with van der Waals surface area (Å²) in [5.41, 5.74) is 2.03. The number of benzene rings is 2. The van der Waals surface area contributed by atoms with E-state index in [2.05, 4.69) is 25.3 Å². The summed E-state index contributed by atoms with van der Waals surface area (Å²) in [7, 11) is -3.93. The normalized spacial score (nSPS) is 15.5. The fourth-order valence-corrected chi connectivity index (χ4v) is 7.17. The molecule has 0 N–H and O–H groups in total. The van der Waals surface area contributed by atoms with Gasteiger partial charge in [0, 0.05) is 6.04 Å². The molecule has 0 aromatic heterocycles. The Morgan fingerprint density at radius 2 is 1.00 bits per heavy atom. The number of hydrogen-bond donors (Lipinski definition) is 2. The summed E-state index contributed by atoms with van der Waals surface area (Å²) in [6, 6.07) is 12.9. The maximum absolute atomic E-state index is 13.0. The third kappa shape index (κ3) is 7.00. The first-order chi connectivity index (χ1) is 14.9. The van der Waals surface area contributed by atoms with Gasteiger partial charge in [-0.15, -0.1) is 0 Å². The van der Waals surface area contributed by atoms with Crippen LogP contribution in [-0.4, -0.2) is 64.9 Å². The van der Waals surface area contributed by atoms with Crippen LogP contribution >= 0.6 is 25.3 Å². The molecule has 0 bridgehead atoms. The molecule has 0 spiro atoms. The van der Waals surface area contributed by atoms with Gasteiger partial charge in [-0.3, -0.25) is 0 Å². The molecule has 32 heavy (non-hydrogen) atoms. The van der Waals surface area contributed by atoms with Crippen molar-refractivity contribution < 1.29 is 16.8 Å². The molecule has 0 fully saturated rings. The fraction of sp³-hybridized carbons (Fsp3) is 0.478. The zero-order valence-corrected chi connectivity index (χ0v) is 22.4. The van der Waals surface area contributed by atoms with Gasteiger partial charge in [0.05, 0.1) is 21.3 Å². The van der Waals surface area contributed by atoms with Crippen LogP contribution < -0.4 is 0 Å². The van der Waals surface area contributed by atoms with Gasteiger partial charge in [-0.1, -0.05) is 38.1 Å². The lowest BCUT2D eigenvalue weighted by Gasteiger charge is -2.24. The van der Waals surface area contributed by atoms with E-state index in [0.29, 0.717) is 11.5 Å². The van der Waals surface area contributed by atoms with Crippen LogP contribution in [0.4, 0.5) is 0 Å². The SMILES string of the molecule is CC(CS)c1ccc(S(=O)(=O)CC(CS(=O)(=O)c2ccc(C(C)CS)cc2)N(C)C)cc1. The monoisotopic (exact) mass is 515 g/mol. The first-order valence-electron chi connectivity index (χ1n) is 10.4. The second-order valence-electron chi connectivity index (χ2n) is 8.49. The minimum atomic E-state index is -3.66. The van der Waals surface area contributed by atoms with E-state index >= 15 is 0 Å². The summed E-state index contributed by atoms with van der Waals surface area (Å²) in [5.74, 6) is 1.21. The van der Waals surface area contributed by atoms with Gasteiger partial charge in [-0.05, 0) is 72.8 Å². The predicted molar refractivity (Wildman–Crippen MR) is 139 cm³/mol. The Morgan fingerprint density at radius 1 is 0.688 bits per heavy atom. The Bertz CT molecular complexity index is 994. The molecule has 178 valence electrons. The van der Waals surface area contributed by atoms with Crippen molar-refractivity contribution in [1.82, 2.24) is 4.90 Å². The molecule has 0 amide bonds. The lowest BCUT2D eigenvalue weighted by Crippen LogP contribution is -2.40. The molecule has 9 heteroatoms. The van der Waals surface area contributed by atoms with Gasteiger partial charge in [-0.2, -0.15) is 25.3 Å². The first-order valence-corrected chi connectivity index (χ1v) is 15.0. The van der Waals surface area contributed by atoms with E-state index in [4.69, 9.17) is 0 Å². The molecule has 2 unspecified atom stereocenters. The quantitative estimate of drug-likeness (QED) is 0.444. The minimum absolute atomic E-state index is 0.196. The van der Waals surface area contributed by atoms with Crippen molar-refractivity contribution in [1.29, 1.82) is 0 Å². The van der Waals surface area contributed by atoms with Crippen molar-refractivity contribution in [2.75, 3.05) is 37.1 Å². The van der Waals surface area contributed by atoms with Crippen LogP contribution in [0, 0.1) is 0 Å². The third-order valence-electron chi connectivity index (χ3n) is 5.72. The predicted octanol–water partition coefficient (Wildman–Crippen LogP) is 3.93. The van der Waals surface area contributed by atoms with Gasteiger partial charge in [0.25, 0.3) is 0 Å². The van der Waals surface area contributed by atoms with Crippen LogP contribution in [0.1, 0.15) is 36.8 Å². The summed E-state index contributed by atoms with van der Waals surface area (Å²) < 4.78 is 52.1. The Labute approximate surface area is 204 Å². The Hall–Kier alpha value is -1.00. The van der Waals surface area contributed by atoms with E-state index in [0.717, 1.165) is 11.1 Å². The van der Waals surface area contributed by atoms with Crippen LogP contribution in [0.3, 0.4) is 0 Å². The average molecular weight is 516 g/mol. The molecule has 2 rings (SSSR count). The summed E-state index contributed by atoms with van der Waals surface area (Å²) >= 11 is 8.57.